The zero-order valence-corrected chi connectivity index (χ0v) is 15.6. The Labute approximate surface area is 152 Å². The van der Waals surface area contributed by atoms with Gasteiger partial charge < -0.3 is 15.6 Å². The van der Waals surface area contributed by atoms with Crippen LogP contribution in [0.3, 0.4) is 0 Å². The lowest BCUT2D eigenvalue weighted by atomic mass is 10.1. The molecule has 0 aliphatic carbocycles. The minimum absolute atomic E-state index is 0.212. The van der Waals surface area contributed by atoms with E-state index in [0.29, 0.717) is 0 Å². The third-order valence-corrected chi connectivity index (χ3v) is 5.39. The maximum atomic E-state index is 13.4. The smallest absolute Gasteiger partial charge is 0.191 e. The van der Waals surface area contributed by atoms with Crippen LogP contribution in [0.4, 0.5) is 4.39 Å². The lowest BCUT2D eigenvalue weighted by Gasteiger charge is -2.11. The van der Waals surface area contributed by atoms with Crippen molar-refractivity contribution < 1.29 is 4.39 Å². The number of hydrogen-bond donors (Lipinski definition) is 3. The molecule has 24 heavy (non-hydrogen) atoms. The molecular weight excluding hydrogens is 391 g/mol. The second kappa shape index (κ2) is 7.81. The summed E-state index contributed by atoms with van der Waals surface area (Å²) in [7, 11) is 1.75. The summed E-state index contributed by atoms with van der Waals surface area (Å²) in [6.07, 6.45) is 2.72. The van der Waals surface area contributed by atoms with Crippen LogP contribution in [0, 0.1) is 5.82 Å². The number of nitrogens with zero attached hydrogens (tertiary/aromatic N) is 1. The van der Waals surface area contributed by atoms with Gasteiger partial charge in [-0.05, 0) is 52.2 Å². The number of aliphatic imine (C=N–C) groups is 1. The lowest BCUT2D eigenvalue weighted by Crippen LogP contribution is -2.37. The topological polar surface area (TPSA) is 52.2 Å². The molecule has 0 amide bonds. The molecule has 0 aliphatic rings. The fourth-order valence-electron chi connectivity index (χ4n) is 2.51. The van der Waals surface area contributed by atoms with Crippen molar-refractivity contribution >= 4 is 44.1 Å². The minimum atomic E-state index is -0.212. The first-order valence-electron chi connectivity index (χ1n) is 7.58. The molecule has 0 saturated carbocycles. The van der Waals surface area contributed by atoms with Crippen molar-refractivity contribution in [1.29, 1.82) is 0 Å². The molecule has 3 N–H and O–H groups in total. The summed E-state index contributed by atoms with van der Waals surface area (Å²) in [4.78, 5) is 8.63. The summed E-state index contributed by atoms with van der Waals surface area (Å²) >= 11 is 5.15. The van der Waals surface area contributed by atoms with Crippen molar-refractivity contribution in [1.82, 2.24) is 15.6 Å². The summed E-state index contributed by atoms with van der Waals surface area (Å²) in [5.74, 6) is 0.543. The molecule has 2 aromatic heterocycles. The second-order valence-electron chi connectivity index (χ2n) is 5.34. The van der Waals surface area contributed by atoms with Crippen molar-refractivity contribution in [2.75, 3.05) is 13.6 Å². The van der Waals surface area contributed by atoms with E-state index in [9.17, 15) is 4.39 Å². The number of H-pyrrole nitrogens is 1. The largest absolute Gasteiger partial charge is 0.361 e. The molecule has 0 bridgehead atoms. The highest BCUT2D eigenvalue weighted by Gasteiger charge is 2.06. The van der Waals surface area contributed by atoms with E-state index < -0.39 is 0 Å². The van der Waals surface area contributed by atoms with Crippen molar-refractivity contribution in [2.24, 2.45) is 4.99 Å². The Hall–Kier alpha value is -1.86. The van der Waals surface area contributed by atoms with Gasteiger partial charge in [0.1, 0.15) is 5.82 Å². The van der Waals surface area contributed by atoms with Crippen molar-refractivity contribution in [3.05, 3.63) is 56.6 Å². The summed E-state index contributed by atoms with van der Waals surface area (Å²) in [5, 5.41) is 9.57. The van der Waals surface area contributed by atoms with Crippen molar-refractivity contribution in [3.8, 4) is 0 Å². The first-order valence-corrected chi connectivity index (χ1v) is 9.26. The number of aromatic amines is 1. The molecule has 3 rings (SSSR count). The number of fused-ring (bicyclic) bond motifs is 1. The number of aromatic nitrogens is 1. The highest BCUT2D eigenvalue weighted by Crippen LogP contribution is 2.20. The predicted octanol–water partition coefficient (Wildman–Crippen LogP) is 4.04. The highest BCUT2D eigenvalue weighted by atomic mass is 79.9. The Morgan fingerprint density at radius 1 is 1.33 bits per heavy atom. The lowest BCUT2D eigenvalue weighted by molar-refractivity contribution is 0.629. The van der Waals surface area contributed by atoms with E-state index in [-0.39, 0.29) is 5.82 Å². The maximum absolute atomic E-state index is 13.4. The molecule has 1 aromatic carbocycles. The quantitative estimate of drug-likeness (QED) is 0.440. The molecule has 0 atom stereocenters. The number of thiophene rings is 1. The molecule has 0 saturated heterocycles. The standard InChI is InChI=1S/C17H18BrFN4S/c1-20-17(23-9-14-6-12(18)10-24-14)21-5-4-11-8-22-16-3-2-13(19)7-15(11)16/h2-3,6-8,10,22H,4-5,9H2,1H3,(H2,20,21,23). The third kappa shape index (κ3) is 4.15. The van der Waals surface area contributed by atoms with E-state index in [1.807, 2.05) is 6.20 Å². The van der Waals surface area contributed by atoms with Gasteiger partial charge in [-0.1, -0.05) is 0 Å². The predicted molar refractivity (Wildman–Crippen MR) is 102 cm³/mol. The van der Waals surface area contributed by atoms with E-state index >= 15 is 0 Å². The average molecular weight is 409 g/mol. The van der Waals surface area contributed by atoms with Crippen molar-refractivity contribution in [3.63, 3.8) is 0 Å². The van der Waals surface area contributed by atoms with Gasteiger partial charge in [-0.15, -0.1) is 11.3 Å². The van der Waals surface area contributed by atoms with Crippen LogP contribution in [-0.4, -0.2) is 24.5 Å². The summed E-state index contributed by atoms with van der Waals surface area (Å²) in [5.41, 5.74) is 2.05. The van der Waals surface area contributed by atoms with E-state index in [1.54, 1.807) is 30.5 Å². The number of guanidine groups is 1. The number of nitrogens with one attached hydrogen (secondary N) is 3. The fraction of sp³-hybridized carbons (Fsp3) is 0.235. The molecule has 0 fully saturated rings. The molecule has 7 heteroatoms. The van der Waals surface area contributed by atoms with E-state index in [0.717, 1.165) is 46.4 Å². The Kier molecular flexibility index (Phi) is 5.52. The maximum Gasteiger partial charge on any atom is 0.191 e. The minimum Gasteiger partial charge on any atom is -0.361 e. The van der Waals surface area contributed by atoms with Gasteiger partial charge in [-0.2, -0.15) is 0 Å². The average Bonchev–Trinajstić information content (AvgIpc) is 3.17. The Morgan fingerprint density at radius 2 is 2.21 bits per heavy atom. The number of hydrogen-bond acceptors (Lipinski definition) is 2. The summed E-state index contributed by atoms with van der Waals surface area (Å²) < 4.78 is 14.5. The zero-order chi connectivity index (χ0) is 16.9. The number of rotatable bonds is 5. The normalized spacial score (nSPS) is 11.9. The van der Waals surface area contributed by atoms with E-state index in [4.69, 9.17) is 0 Å². The van der Waals surface area contributed by atoms with Gasteiger partial charge in [0.05, 0.1) is 6.54 Å². The number of benzene rings is 1. The van der Waals surface area contributed by atoms with Crippen LogP contribution in [0.5, 0.6) is 0 Å². The van der Waals surface area contributed by atoms with Crippen molar-refractivity contribution in [2.45, 2.75) is 13.0 Å². The monoisotopic (exact) mass is 408 g/mol. The molecule has 0 unspecified atom stereocenters. The Balaban J connectivity index is 1.53. The first kappa shape index (κ1) is 17.0. The SMILES string of the molecule is CN=C(NCCc1c[nH]c2ccc(F)cc12)NCc1cc(Br)cs1. The van der Waals surface area contributed by atoms with Crippen LogP contribution in [-0.2, 0) is 13.0 Å². The number of halogens is 2. The molecule has 2 heterocycles. The summed E-state index contributed by atoms with van der Waals surface area (Å²) in [6.45, 7) is 1.45. The molecular formula is C17H18BrFN4S. The Morgan fingerprint density at radius 3 is 2.96 bits per heavy atom. The molecule has 0 spiro atoms. The van der Waals surface area contributed by atoms with Crippen LogP contribution < -0.4 is 10.6 Å². The van der Waals surface area contributed by atoms with Crippen LogP contribution >= 0.6 is 27.3 Å². The summed E-state index contributed by atoms with van der Waals surface area (Å²) in [6, 6.07) is 6.89. The molecule has 3 aromatic rings. The molecule has 0 aliphatic heterocycles. The van der Waals surface area contributed by atoms with E-state index in [2.05, 4.69) is 48.0 Å². The van der Waals surface area contributed by atoms with Gasteiger partial charge in [0.2, 0.25) is 0 Å². The first-order chi connectivity index (χ1) is 11.7. The van der Waals surface area contributed by atoms with Gasteiger partial charge in [0, 0.05) is 45.4 Å². The van der Waals surface area contributed by atoms with Gasteiger partial charge in [0.25, 0.3) is 0 Å². The second-order valence-corrected chi connectivity index (χ2v) is 7.25. The molecule has 4 nitrogen and oxygen atoms in total. The van der Waals surface area contributed by atoms with Crippen LogP contribution in [0.15, 0.2) is 45.3 Å². The zero-order valence-electron chi connectivity index (χ0n) is 13.2. The molecule has 0 radical (unpaired) electrons. The molecule has 126 valence electrons. The van der Waals surface area contributed by atoms with Gasteiger partial charge in [0.15, 0.2) is 5.96 Å². The van der Waals surface area contributed by atoms with Crippen LogP contribution in [0.25, 0.3) is 10.9 Å². The van der Waals surface area contributed by atoms with Crippen LogP contribution in [0.2, 0.25) is 0 Å². The fourth-order valence-corrected chi connectivity index (χ4v) is 3.90. The highest BCUT2D eigenvalue weighted by molar-refractivity contribution is 9.10. The third-order valence-electron chi connectivity index (χ3n) is 3.69. The van der Waals surface area contributed by atoms with E-state index in [1.165, 1.54) is 10.9 Å². The van der Waals surface area contributed by atoms with Gasteiger partial charge >= 0.3 is 0 Å². The van der Waals surface area contributed by atoms with Gasteiger partial charge in [-0.3, -0.25) is 4.99 Å². The van der Waals surface area contributed by atoms with Gasteiger partial charge in [-0.25, -0.2) is 4.39 Å². The van der Waals surface area contributed by atoms with Crippen LogP contribution in [0.1, 0.15) is 10.4 Å². The Bertz CT molecular complexity index is 855.